The molecule has 0 bridgehead atoms. The van der Waals surface area contributed by atoms with Gasteiger partial charge >= 0.3 is 0 Å². The third-order valence-corrected chi connectivity index (χ3v) is 3.75. The first kappa shape index (κ1) is 16.8. The van der Waals surface area contributed by atoms with Crippen LogP contribution in [0.4, 0.5) is 15.9 Å². The summed E-state index contributed by atoms with van der Waals surface area (Å²) in [6.07, 6.45) is 3.46. The zero-order valence-electron chi connectivity index (χ0n) is 14.2. The van der Waals surface area contributed by atoms with Gasteiger partial charge in [0.15, 0.2) is 5.78 Å². The Hall–Kier alpha value is -3.09. The van der Waals surface area contributed by atoms with Crippen LogP contribution in [-0.2, 0) is 6.54 Å². The fraction of sp³-hybridized carbons (Fsp3) is 0.222. The van der Waals surface area contributed by atoms with Gasteiger partial charge in [-0.25, -0.2) is 19.0 Å². The third-order valence-electron chi connectivity index (χ3n) is 3.75. The lowest BCUT2D eigenvalue weighted by Crippen LogP contribution is -2.09. The first-order chi connectivity index (χ1) is 11.9. The molecule has 6 nitrogen and oxygen atoms in total. The van der Waals surface area contributed by atoms with Crippen molar-refractivity contribution in [1.29, 1.82) is 0 Å². The van der Waals surface area contributed by atoms with Crippen molar-refractivity contribution in [2.75, 3.05) is 5.32 Å². The minimum absolute atomic E-state index is 0.0893. The van der Waals surface area contributed by atoms with E-state index in [1.807, 2.05) is 6.92 Å². The van der Waals surface area contributed by atoms with Gasteiger partial charge in [-0.2, -0.15) is 5.10 Å². The molecule has 0 atom stereocenters. The van der Waals surface area contributed by atoms with Crippen LogP contribution >= 0.6 is 0 Å². The molecule has 0 amide bonds. The molecule has 0 aliphatic carbocycles. The van der Waals surface area contributed by atoms with E-state index in [2.05, 4.69) is 20.4 Å². The van der Waals surface area contributed by atoms with Gasteiger partial charge in [-0.3, -0.25) is 4.79 Å². The molecule has 128 valence electrons. The number of ketones is 1. The summed E-state index contributed by atoms with van der Waals surface area (Å²) in [5.74, 6) is 0.846. The molecule has 0 aliphatic rings. The number of rotatable bonds is 5. The van der Waals surface area contributed by atoms with E-state index in [0.29, 0.717) is 35.1 Å². The van der Waals surface area contributed by atoms with E-state index in [1.54, 1.807) is 36.1 Å². The van der Waals surface area contributed by atoms with Crippen LogP contribution in [0, 0.1) is 19.7 Å². The number of benzene rings is 1. The summed E-state index contributed by atoms with van der Waals surface area (Å²) in [7, 11) is 0. The molecular weight excluding hydrogens is 321 g/mol. The van der Waals surface area contributed by atoms with Crippen LogP contribution in [0.15, 0.2) is 36.7 Å². The summed E-state index contributed by atoms with van der Waals surface area (Å²) in [5, 5.41) is 7.64. The Morgan fingerprint density at radius 1 is 1.16 bits per heavy atom. The number of aromatic nitrogens is 4. The quantitative estimate of drug-likeness (QED) is 0.721. The lowest BCUT2D eigenvalue weighted by Gasteiger charge is -2.11. The lowest BCUT2D eigenvalue weighted by atomic mass is 10.1. The molecule has 0 fully saturated rings. The largest absolute Gasteiger partial charge is 0.340 e. The average Bonchev–Trinajstić information content (AvgIpc) is 2.87. The molecule has 0 unspecified atom stereocenters. The molecule has 2 heterocycles. The number of carbonyl (C=O) groups excluding carboxylic acids is 1. The van der Waals surface area contributed by atoms with Crippen LogP contribution < -0.4 is 5.32 Å². The fourth-order valence-corrected chi connectivity index (χ4v) is 2.59. The predicted molar refractivity (Wildman–Crippen MR) is 92.5 cm³/mol. The normalized spacial score (nSPS) is 10.7. The molecule has 2 aromatic heterocycles. The molecule has 0 radical (unpaired) electrons. The van der Waals surface area contributed by atoms with Crippen molar-refractivity contribution in [3.05, 3.63) is 65.1 Å². The first-order valence-corrected chi connectivity index (χ1v) is 7.82. The Labute approximate surface area is 144 Å². The second-order valence-electron chi connectivity index (χ2n) is 5.79. The Bertz CT molecular complexity index is 900. The highest BCUT2D eigenvalue weighted by Gasteiger charge is 2.19. The minimum atomic E-state index is -0.321. The van der Waals surface area contributed by atoms with Crippen molar-refractivity contribution < 1.29 is 9.18 Å². The van der Waals surface area contributed by atoms with E-state index < -0.39 is 0 Å². The van der Waals surface area contributed by atoms with Crippen molar-refractivity contribution in [1.82, 2.24) is 19.7 Å². The zero-order valence-corrected chi connectivity index (χ0v) is 14.2. The second kappa shape index (κ2) is 6.80. The Morgan fingerprint density at radius 2 is 1.80 bits per heavy atom. The van der Waals surface area contributed by atoms with Crippen molar-refractivity contribution in [3.8, 4) is 0 Å². The summed E-state index contributed by atoms with van der Waals surface area (Å²) in [6.45, 7) is 5.52. The topological polar surface area (TPSA) is 72.7 Å². The highest BCUT2D eigenvalue weighted by atomic mass is 19.1. The SMILES string of the molecule is CC(=O)c1c(C)nn(Cc2cnc(C)nc2)c1Nc1ccc(F)cc1. The third kappa shape index (κ3) is 3.71. The van der Waals surface area contributed by atoms with E-state index in [9.17, 15) is 9.18 Å². The summed E-state index contributed by atoms with van der Waals surface area (Å²) < 4.78 is 14.8. The van der Waals surface area contributed by atoms with Crippen molar-refractivity contribution in [3.63, 3.8) is 0 Å². The fourth-order valence-electron chi connectivity index (χ4n) is 2.59. The van der Waals surface area contributed by atoms with E-state index >= 15 is 0 Å². The molecule has 1 aromatic carbocycles. The predicted octanol–water partition coefficient (Wildman–Crippen LogP) is 3.42. The molecular formula is C18H18FN5O. The number of hydrogen-bond acceptors (Lipinski definition) is 5. The van der Waals surface area contributed by atoms with E-state index in [1.165, 1.54) is 19.1 Å². The van der Waals surface area contributed by atoms with Crippen molar-refractivity contribution >= 4 is 17.3 Å². The van der Waals surface area contributed by atoms with Gasteiger partial charge in [0.1, 0.15) is 17.5 Å². The lowest BCUT2D eigenvalue weighted by molar-refractivity contribution is 0.101. The summed E-state index contributed by atoms with van der Waals surface area (Å²) in [4.78, 5) is 20.4. The summed E-state index contributed by atoms with van der Waals surface area (Å²) in [6, 6.07) is 5.94. The Kier molecular flexibility index (Phi) is 4.56. The molecule has 3 aromatic rings. The standard InChI is InChI=1S/C18H18FN5O/c1-11-17(12(2)25)18(22-16-6-4-15(19)5-7-16)24(23-11)10-14-8-20-13(3)21-9-14/h4-9,22H,10H2,1-3H3. The van der Waals surface area contributed by atoms with Gasteiger partial charge in [-0.1, -0.05) is 0 Å². The molecule has 0 aliphatic heterocycles. The average molecular weight is 339 g/mol. The smallest absolute Gasteiger partial charge is 0.165 e. The number of nitrogens with zero attached hydrogens (tertiary/aromatic N) is 4. The first-order valence-electron chi connectivity index (χ1n) is 7.82. The monoisotopic (exact) mass is 339 g/mol. The van der Waals surface area contributed by atoms with Crippen LogP contribution in [-0.4, -0.2) is 25.5 Å². The maximum atomic E-state index is 13.1. The van der Waals surface area contributed by atoms with Crippen LogP contribution in [0.3, 0.4) is 0 Å². The molecule has 7 heteroatoms. The van der Waals surface area contributed by atoms with Crippen molar-refractivity contribution in [2.45, 2.75) is 27.3 Å². The number of halogens is 1. The maximum absolute atomic E-state index is 13.1. The number of Topliss-reactive ketones (excluding diaryl/α,β-unsaturated/α-hetero) is 1. The zero-order chi connectivity index (χ0) is 18.0. The van der Waals surface area contributed by atoms with Gasteiger partial charge in [0.25, 0.3) is 0 Å². The minimum Gasteiger partial charge on any atom is -0.340 e. The Morgan fingerprint density at radius 3 is 2.40 bits per heavy atom. The molecule has 3 rings (SSSR count). The maximum Gasteiger partial charge on any atom is 0.165 e. The second-order valence-corrected chi connectivity index (χ2v) is 5.79. The molecule has 25 heavy (non-hydrogen) atoms. The van der Waals surface area contributed by atoms with Gasteiger partial charge in [0.05, 0.1) is 17.8 Å². The van der Waals surface area contributed by atoms with Gasteiger partial charge in [-0.05, 0) is 45.0 Å². The number of anilines is 2. The highest BCUT2D eigenvalue weighted by molar-refractivity contribution is 6.00. The number of nitrogens with one attached hydrogen (secondary N) is 1. The van der Waals surface area contributed by atoms with E-state index in [-0.39, 0.29) is 11.6 Å². The summed E-state index contributed by atoms with van der Waals surface area (Å²) in [5.41, 5.74) is 2.68. The van der Waals surface area contributed by atoms with E-state index in [4.69, 9.17) is 0 Å². The number of hydrogen-bond donors (Lipinski definition) is 1. The molecule has 0 saturated heterocycles. The Balaban J connectivity index is 1.99. The summed E-state index contributed by atoms with van der Waals surface area (Å²) >= 11 is 0. The van der Waals surface area contributed by atoms with Crippen molar-refractivity contribution in [2.24, 2.45) is 0 Å². The molecule has 0 saturated carbocycles. The highest BCUT2D eigenvalue weighted by Crippen LogP contribution is 2.25. The van der Waals surface area contributed by atoms with Crippen LogP contribution in [0.2, 0.25) is 0 Å². The van der Waals surface area contributed by atoms with Gasteiger partial charge in [0.2, 0.25) is 0 Å². The number of aryl methyl sites for hydroxylation is 2. The molecule has 1 N–H and O–H groups in total. The van der Waals surface area contributed by atoms with Gasteiger partial charge in [-0.15, -0.1) is 0 Å². The van der Waals surface area contributed by atoms with Crippen LogP contribution in [0.1, 0.15) is 34.4 Å². The number of carbonyl (C=O) groups is 1. The van der Waals surface area contributed by atoms with Crippen LogP contribution in [0.5, 0.6) is 0 Å². The van der Waals surface area contributed by atoms with E-state index in [0.717, 1.165) is 5.56 Å². The van der Waals surface area contributed by atoms with Gasteiger partial charge < -0.3 is 5.32 Å². The van der Waals surface area contributed by atoms with Gasteiger partial charge in [0, 0.05) is 23.6 Å². The van der Waals surface area contributed by atoms with Crippen LogP contribution in [0.25, 0.3) is 0 Å². The molecule has 0 spiro atoms.